The van der Waals surface area contributed by atoms with Gasteiger partial charge in [0.2, 0.25) is 0 Å². The highest BCUT2D eigenvalue weighted by Gasteiger charge is 2.36. The molecule has 2 amide bonds. The Morgan fingerprint density at radius 3 is 2.62 bits per heavy atom. The van der Waals surface area contributed by atoms with Crippen LogP contribution in [0.5, 0.6) is 5.75 Å². The number of aromatic nitrogens is 1. The molecule has 2 aromatic heterocycles. The van der Waals surface area contributed by atoms with Crippen LogP contribution in [0.3, 0.4) is 0 Å². The lowest BCUT2D eigenvalue weighted by molar-refractivity contribution is 0.194. The van der Waals surface area contributed by atoms with E-state index in [2.05, 4.69) is 40.2 Å². The molecular formula is C29H29ClN4O2S. The first-order chi connectivity index (χ1) is 18.0. The zero-order valence-corrected chi connectivity index (χ0v) is 22.5. The van der Waals surface area contributed by atoms with Crippen molar-refractivity contribution in [2.45, 2.75) is 32.5 Å². The number of anilines is 1. The number of nitrogens with one attached hydrogen (secondary N) is 1. The van der Waals surface area contributed by atoms with E-state index in [1.807, 2.05) is 71.7 Å². The minimum absolute atomic E-state index is 0.141. The molecule has 4 aromatic rings. The molecule has 4 heterocycles. The molecule has 0 radical (unpaired) electrons. The number of benzene rings is 2. The summed E-state index contributed by atoms with van der Waals surface area (Å²) in [6.07, 6.45) is 3.12. The Morgan fingerprint density at radius 2 is 1.86 bits per heavy atom. The average molecular weight is 533 g/mol. The van der Waals surface area contributed by atoms with Crippen LogP contribution in [0.1, 0.15) is 40.2 Å². The maximum atomic E-state index is 14.0. The van der Waals surface area contributed by atoms with Gasteiger partial charge in [0.05, 0.1) is 24.9 Å². The number of hydrogen-bond donors (Lipinski definition) is 1. The number of carbonyl (C=O) groups excluding carboxylic acids is 1. The van der Waals surface area contributed by atoms with Crippen LogP contribution in [0.15, 0.2) is 66.9 Å². The number of rotatable bonds is 4. The molecule has 6 nitrogen and oxygen atoms in total. The number of likely N-dealkylation sites (N-methyl/N-ethyl adjacent to an activating group) is 1. The van der Waals surface area contributed by atoms with Crippen molar-refractivity contribution in [2.24, 2.45) is 0 Å². The number of urea groups is 1. The molecule has 0 saturated carbocycles. The summed E-state index contributed by atoms with van der Waals surface area (Å²) in [5.74, 6) is 0.784. The van der Waals surface area contributed by atoms with Crippen LogP contribution in [0, 0.1) is 0 Å². The van der Waals surface area contributed by atoms with E-state index in [1.165, 1.54) is 21.0 Å². The number of halogens is 1. The maximum absolute atomic E-state index is 14.0. The van der Waals surface area contributed by atoms with E-state index in [0.29, 0.717) is 18.2 Å². The summed E-state index contributed by atoms with van der Waals surface area (Å²) in [5.41, 5.74) is 5.47. The second-order valence-electron chi connectivity index (χ2n) is 9.55. The second kappa shape index (κ2) is 9.89. The summed E-state index contributed by atoms with van der Waals surface area (Å²) < 4.78 is 7.84. The molecule has 0 fully saturated rings. The molecule has 6 rings (SSSR count). The Bertz CT molecular complexity index is 1430. The van der Waals surface area contributed by atoms with E-state index >= 15 is 0 Å². The van der Waals surface area contributed by atoms with Gasteiger partial charge in [-0.2, -0.15) is 0 Å². The van der Waals surface area contributed by atoms with Crippen molar-refractivity contribution in [1.82, 2.24) is 14.4 Å². The lowest BCUT2D eigenvalue weighted by atomic mass is 10.0. The number of carbonyl (C=O) groups is 1. The zero-order valence-electron chi connectivity index (χ0n) is 20.9. The fourth-order valence-electron chi connectivity index (χ4n) is 5.34. The summed E-state index contributed by atoms with van der Waals surface area (Å²) in [5, 5.41) is 5.04. The van der Waals surface area contributed by atoms with Crippen LogP contribution >= 0.6 is 22.9 Å². The van der Waals surface area contributed by atoms with Crippen LogP contribution in [0.25, 0.3) is 5.00 Å². The van der Waals surface area contributed by atoms with Gasteiger partial charge < -0.3 is 24.4 Å². The summed E-state index contributed by atoms with van der Waals surface area (Å²) in [6, 6.07) is 19.1. The molecule has 8 heteroatoms. The van der Waals surface area contributed by atoms with E-state index in [-0.39, 0.29) is 12.1 Å². The summed E-state index contributed by atoms with van der Waals surface area (Å²) >= 11 is 8.09. The van der Waals surface area contributed by atoms with Crippen LogP contribution in [-0.2, 0) is 19.5 Å². The Kier molecular flexibility index (Phi) is 6.44. The first-order valence-corrected chi connectivity index (χ1v) is 13.8. The van der Waals surface area contributed by atoms with Crippen molar-refractivity contribution in [3.05, 3.63) is 99.1 Å². The highest BCUT2D eigenvalue weighted by Crippen LogP contribution is 2.43. The number of hydrogen-bond acceptors (Lipinski definition) is 4. The molecule has 0 saturated heterocycles. The minimum atomic E-state index is -0.267. The molecule has 2 aliphatic heterocycles. The van der Waals surface area contributed by atoms with Gasteiger partial charge in [0.15, 0.2) is 0 Å². The van der Waals surface area contributed by atoms with Crippen molar-refractivity contribution in [1.29, 1.82) is 0 Å². The maximum Gasteiger partial charge on any atom is 0.322 e. The number of fused-ring (bicyclic) bond motifs is 5. The normalized spacial score (nSPS) is 16.9. The van der Waals surface area contributed by atoms with Crippen LogP contribution in [-0.4, -0.2) is 40.6 Å². The standard InChI is InChI=1S/C29H29ClN4O2S/c1-3-36-22-12-10-21(11-13-22)31-29(35)34-17-24-23-14-16-32(2)18-26(23)37-28(24)33-15-4-5-25(33)27(34)19-6-8-20(30)9-7-19/h4-13,15,27H,3,14,16-18H2,1-2H3,(H,31,35). The van der Waals surface area contributed by atoms with Crippen LogP contribution in [0.2, 0.25) is 5.02 Å². The van der Waals surface area contributed by atoms with Gasteiger partial charge in [0.1, 0.15) is 10.8 Å². The summed E-state index contributed by atoms with van der Waals surface area (Å²) in [4.78, 5) is 19.7. The molecule has 1 atom stereocenters. The fraction of sp³-hybridized carbons (Fsp3) is 0.276. The molecule has 190 valence electrons. The molecule has 2 aliphatic rings. The Hall–Kier alpha value is -3.26. The van der Waals surface area contributed by atoms with Crippen molar-refractivity contribution in [2.75, 3.05) is 25.5 Å². The predicted octanol–water partition coefficient (Wildman–Crippen LogP) is 6.72. The third-order valence-electron chi connectivity index (χ3n) is 7.12. The van der Waals surface area contributed by atoms with Gasteiger partial charge in [-0.25, -0.2) is 4.79 Å². The van der Waals surface area contributed by atoms with Crippen molar-refractivity contribution < 1.29 is 9.53 Å². The van der Waals surface area contributed by atoms with E-state index in [0.717, 1.165) is 42.2 Å². The number of nitrogens with zero attached hydrogens (tertiary/aromatic N) is 3. The summed E-state index contributed by atoms with van der Waals surface area (Å²) in [6.45, 7) is 5.06. The molecule has 0 spiro atoms. The minimum Gasteiger partial charge on any atom is -0.494 e. The molecule has 1 unspecified atom stereocenters. The van der Waals surface area contributed by atoms with Crippen LogP contribution < -0.4 is 10.1 Å². The molecule has 37 heavy (non-hydrogen) atoms. The van der Waals surface area contributed by atoms with Crippen molar-refractivity contribution >= 4 is 34.7 Å². The number of ether oxygens (including phenoxy) is 1. The Morgan fingerprint density at radius 1 is 1.08 bits per heavy atom. The molecular weight excluding hydrogens is 504 g/mol. The summed E-state index contributed by atoms with van der Waals surface area (Å²) in [7, 11) is 2.17. The first kappa shape index (κ1) is 24.1. The molecule has 2 aromatic carbocycles. The smallest absolute Gasteiger partial charge is 0.322 e. The van der Waals surface area contributed by atoms with Gasteiger partial charge in [0.25, 0.3) is 0 Å². The highest BCUT2D eigenvalue weighted by molar-refractivity contribution is 7.15. The van der Waals surface area contributed by atoms with Gasteiger partial charge in [-0.1, -0.05) is 23.7 Å². The quantitative estimate of drug-likeness (QED) is 0.317. The predicted molar refractivity (Wildman–Crippen MR) is 149 cm³/mol. The SMILES string of the molecule is CCOc1ccc(NC(=O)N2Cc3c(sc4c3CCN(C)C4)-n3cccc3C2c2ccc(Cl)cc2)cc1. The highest BCUT2D eigenvalue weighted by atomic mass is 35.5. The van der Waals surface area contributed by atoms with Gasteiger partial charge in [0, 0.05) is 40.4 Å². The lowest BCUT2D eigenvalue weighted by Gasteiger charge is -2.32. The fourth-order valence-corrected chi connectivity index (χ4v) is 6.91. The van der Waals surface area contributed by atoms with Crippen molar-refractivity contribution in [3.63, 3.8) is 0 Å². The molecule has 0 bridgehead atoms. The van der Waals surface area contributed by atoms with Crippen molar-refractivity contribution in [3.8, 4) is 10.8 Å². The molecule has 0 aliphatic carbocycles. The lowest BCUT2D eigenvalue weighted by Crippen LogP contribution is -2.38. The Balaban J connectivity index is 1.43. The second-order valence-corrected chi connectivity index (χ2v) is 11.1. The average Bonchev–Trinajstić information content (AvgIpc) is 3.47. The van der Waals surface area contributed by atoms with Gasteiger partial charge in [-0.05, 0) is 80.1 Å². The van der Waals surface area contributed by atoms with Gasteiger partial charge >= 0.3 is 6.03 Å². The zero-order chi connectivity index (χ0) is 25.5. The first-order valence-electron chi connectivity index (χ1n) is 12.6. The third-order valence-corrected chi connectivity index (χ3v) is 8.63. The van der Waals surface area contributed by atoms with Gasteiger partial charge in [-0.3, -0.25) is 0 Å². The van der Waals surface area contributed by atoms with Crippen LogP contribution in [0.4, 0.5) is 10.5 Å². The van der Waals surface area contributed by atoms with E-state index < -0.39 is 0 Å². The largest absolute Gasteiger partial charge is 0.494 e. The van der Waals surface area contributed by atoms with E-state index in [4.69, 9.17) is 16.3 Å². The third kappa shape index (κ3) is 4.52. The van der Waals surface area contributed by atoms with E-state index in [9.17, 15) is 4.79 Å². The monoisotopic (exact) mass is 532 g/mol. The van der Waals surface area contributed by atoms with E-state index in [1.54, 1.807) is 0 Å². The van der Waals surface area contributed by atoms with Gasteiger partial charge in [-0.15, -0.1) is 11.3 Å². The molecule has 1 N–H and O–H groups in total. The number of amides is 2. The number of thiophene rings is 1. The Labute approximate surface area is 226 Å². The topological polar surface area (TPSA) is 49.7 Å².